The first-order valence-corrected chi connectivity index (χ1v) is 8.01. The summed E-state index contributed by atoms with van der Waals surface area (Å²) in [6, 6.07) is 7.42. The van der Waals surface area contributed by atoms with Crippen LogP contribution in [0.3, 0.4) is 0 Å². The number of amides is 2. The van der Waals surface area contributed by atoms with Crippen LogP contribution in [-0.4, -0.2) is 35.4 Å². The van der Waals surface area contributed by atoms with Crippen molar-refractivity contribution in [2.24, 2.45) is 4.99 Å². The molecule has 0 spiro atoms. The van der Waals surface area contributed by atoms with Gasteiger partial charge in [0.15, 0.2) is 5.17 Å². The van der Waals surface area contributed by atoms with Gasteiger partial charge >= 0.3 is 0 Å². The third-order valence-electron chi connectivity index (χ3n) is 3.37. The molecule has 116 valence electrons. The van der Waals surface area contributed by atoms with Crippen molar-refractivity contribution in [3.63, 3.8) is 0 Å². The molecule has 1 heterocycles. The van der Waals surface area contributed by atoms with Gasteiger partial charge in [-0.3, -0.25) is 14.6 Å². The summed E-state index contributed by atoms with van der Waals surface area (Å²) < 4.78 is 5.06. The molecule has 1 aliphatic carbocycles. The van der Waals surface area contributed by atoms with Gasteiger partial charge in [-0.2, -0.15) is 0 Å². The summed E-state index contributed by atoms with van der Waals surface area (Å²) in [6.07, 6.45) is 2.30. The summed E-state index contributed by atoms with van der Waals surface area (Å²) in [7, 11) is 1.59. The summed E-state index contributed by atoms with van der Waals surface area (Å²) >= 11 is 1.34. The van der Waals surface area contributed by atoms with Gasteiger partial charge in [-0.25, -0.2) is 0 Å². The lowest BCUT2D eigenvalue weighted by atomic mass is 10.2. The number of hydrogen-bond acceptors (Lipinski definition) is 5. The molecule has 1 saturated heterocycles. The number of anilines is 1. The lowest BCUT2D eigenvalue weighted by molar-refractivity contribution is -0.122. The van der Waals surface area contributed by atoms with Crippen LogP contribution in [0.1, 0.15) is 19.3 Å². The molecule has 0 bridgehead atoms. The van der Waals surface area contributed by atoms with Crippen molar-refractivity contribution >= 4 is 34.4 Å². The maximum absolute atomic E-state index is 12.0. The highest BCUT2D eigenvalue weighted by molar-refractivity contribution is 8.15. The second-order valence-electron chi connectivity index (χ2n) is 5.24. The van der Waals surface area contributed by atoms with E-state index in [1.165, 1.54) is 11.8 Å². The van der Waals surface area contributed by atoms with Crippen molar-refractivity contribution < 1.29 is 14.3 Å². The molecule has 0 unspecified atom stereocenters. The van der Waals surface area contributed by atoms with Crippen LogP contribution in [0.4, 0.5) is 5.69 Å². The van der Waals surface area contributed by atoms with Crippen LogP contribution in [0.25, 0.3) is 0 Å². The van der Waals surface area contributed by atoms with Gasteiger partial charge < -0.3 is 15.4 Å². The number of thioether (sulfide) groups is 1. The predicted molar refractivity (Wildman–Crippen MR) is 86.2 cm³/mol. The van der Waals surface area contributed by atoms with Crippen LogP contribution < -0.4 is 15.4 Å². The average molecular weight is 319 g/mol. The fourth-order valence-electron chi connectivity index (χ4n) is 2.02. The molecule has 0 radical (unpaired) electrons. The van der Waals surface area contributed by atoms with Gasteiger partial charge in [-0.05, 0) is 37.1 Å². The Morgan fingerprint density at radius 2 is 2.14 bits per heavy atom. The van der Waals surface area contributed by atoms with Crippen LogP contribution in [0, 0.1) is 0 Å². The topological polar surface area (TPSA) is 79.8 Å². The number of nitrogens with zero attached hydrogens (tertiary/aromatic N) is 1. The molecule has 2 aliphatic rings. The lowest BCUT2D eigenvalue weighted by Crippen LogP contribution is -2.28. The number of carbonyl (C=O) groups excluding carboxylic acids is 2. The van der Waals surface area contributed by atoms with E-state index in [2.05, 4.69) is 15.6 Å². The zero-order valence-electron chi connectivity index (χ0n) is 12.2. The first-order chi connectivity index (χ1) is 10.6. The zero-order valence-corrected chi connectivity index (χ0v) is 13.0. The van der Waals surface area contributed by atoms with Gasteiger partial charge in [0.05, 0.1) is 13.2 Å². The lowest BCUT2D eigenvalue weighted by Gasteiger charge is -2.08. The van der Waals surface area contributed by atoms with Crippen molar-refractivity contribution in [2.45, 2.75) is 30.6 Å². The number of benzene rings is 1. The van der Waals surface area contributed by atoms with Gasteiger partial charge in [0.2, 0.25) is 11.8 Å². The quantitative estimate of drug-likeness (QED) is 0.867. The van der Waals surface area contributed by atoms with E-state index in [4.69, 9.17) is 4.74 Å². The van der Waals surface area contributed by atoms with E-state index in [0.29, 0.717) is 16.9 Å². The largest absolute Gasteiger partial charge is 0.497 e. The van der Waals surface area contributed by atoms with Crippen LogP contribution in [0.2, 0.25) is 0 Å². The third-order valence-corrected chi connectivity index (χ3v) is 4.46. The van der Waals surface area contributed by atoms with Crippen molar-refractivity contribution in [3.05, 3.63) is 24.3 Å². The summed E-state index contributed by atoms with van der Waals surface area (Å²) in [5.41, 5.74) is 0.682. The van der Waals surface area contributed by atoms with Gasteiger partial charge in [-0.1, -0.05) is 11.8 Å². The Bertz CT molecular complexity index is 611. The molecule has 1 aromatic rings. The van der Waals surface area contributed by atoms with Crippen LogP contribution in [0.5, 0.6) is 5.75 Å². The standard InChI is InChI=1S/C15H17N3O3S/c1-21-11-6-4-9(5-7-11)16-13(19)8-12-14(20)18-15(22-12)17-10-2-3-10/h4-7,10,12H,2-3,8H2,1H3,(H,16,19)(H,17,18,20)/t12-/m0/s1. The fraction of sp³-hybridized carbons (Fsp3) is 0.400. The molecular formula is C15H17N3O3S. The highest BCUT2D eigenvalue weighted by Gasteiger charge is 2.33. The van der Waals surface area contributed by atoms with E-state index >= 15 is 0 Å². The molecule has 0 aromatic heterocycles. The van der Waals surface area contributed by atoms with E-state index in [0.717, 1.165) is 18.6 Å². The number of amidine groups is 1. The molecule has 7 heteroatoms. The number of hydrogen-bond donors (Lipinski definition) is 2. The second-order valence-corrected chi connectivity index (χ2v) is 6.43. The molecule has 2 fully saturated rings. The Hall–Kier alpha value is -2.02. The van der Waals surface area contributed by atoms with Crippen molar-refractivity contribution in [1.29, 1.82) is 0 Å². The Morgan fingerprint density at radius 1 is 1.41 bits per heavy atom. The molecule has 2 amide bonds. The Labute approximate surface area is 132 Å². The van der Waals surface area contributed by atoms with Crippen molar-refractivity contribution in [2.75, 3.05) is 12.4 Å². The molecule has 1 aromatic carbocycles. The predicted octanol–water partition coefficient (Wildman–Crippen LogP) is 1.77. The van der Waals surface area contributed by atoms with Crippen LogP contribution in [-0.2, 0) is 9.59 Å². The summed E-state index contributed by atoms with van der Waals surface area (Å²) in [4.78, 5) is 28.3. The maximum atomic E-state index is 12.0. The van der Waals surface area contributed by atoms with E-state index in [1.54, 1.807) is 31.4 Å². The van der Waals surface area contributed by atoms with E-state index < -0.39 is 5.25 Å². The smallest absolute Gasteiger partial charge is 0.240 e. The number of methoxy groups -OCH3 is 1. The molecular weight excluding hydrogens is 302 g/mol. The number of rotatable bonds is 5. The SMILES string of the molecule is COc1ccc(NC(=O)C[C@@H]2SC(=NC3CC3)NC2=O)cc1. The normalized spacial score (nSPS) is 22.5. The van der Waals surface area contributed by atoms with E-state index in [9.17, 15) is 9.59 Å². The molecule has 6 nitrogen and oxygen atoms in total. The van der Waals surface area contributed by atoms with Gasteiger partial charge in [0, 0.05) is 12.1 Å². The molecule has 1 aliphatic heterocycles. The van der Waals surface area contributed by atoms with Gasteiger partial charge in [0.1, 0.15) is 11.0 Å². The fourth-order valence-corrected chi connectivity index (χ4v) is 3.06. The van der Waals surface area contributed by atoms with Crippen molar-refractivity contribution in [3.8, 4) is 5.75 Å². The number of carbonyl (C=O) groups is 2. The monoisotopic (exact) mass is 319 g/mol. The minimum Gasteiger partial charge on any atom is -0.497 e. The third kappa shape index (κ3) is 3.79. The molecule has 1 saturated carbocycles. The molecule has 2 N–H and O–H groups in total. The molecule has 22 heavy (non-hydrogen) atoms. The number of ether oxygens (including phenoxy) is 1. The van der Waals surface area contributed by atoms with E-state index in [-0.39, 0.29) is 18.2 Å². The minimum atomic E-state index is -0.407. The highest BCUT2D eigenvalue weighted by Crippen LogP contribution is 2.29. The van der Waals surface area contributed by atoms with Gasteiger partial charge in [0.25, 0.3) is 0 Å². The van der Waals surface area contributed by atoms with E-state index in [1.807, 2.05) is 0 Å². The summed E-state index contributed by atoms with van der Waals surface area (Å²) in [6.45, 7) is 0. The zero-order chi connectivity index (χ0) is 15.5. The van der Waals surface area contributed by atoms with Crippen molar-refractivity contribution in [1.82, 2.24) is 5.32 Å². The summed E-state index contributed by atoms with van der Waals surface area (Å²) in [5.74, 6) is 0.393. The number of nitrogens with one attached hydrogen (secondary N) is 2. The first kappa shape index (κ1) is 14.9. The summed E-state index contributed by atoms with van der Waals surface area (Å²) in [5, 5.41) is 5.76. The average Bonchev–Trinajstić information content (AvgIpc) is 3.24. The first-order valence-electron chi connectivity index (χ1n) is 7.13. The van der Waals surface area contributed by atoms with Crippen LogP contribution in [0.15, 0.2) is 29.3 Å². The van der Waals surface area contributed by atoms with Crippen LogP contribution >= 0.6 is 11.8 Å². The minimum absolute atomic E-state index is 0.131. The number of aliphatic imine (C=N–C) groups is 1. The Morgan fingerprint density at radius 3 is 2.77 bits per heavy atom. The molecule has 3 rings (SSSR count). The second kappa shape index (κ2) is 6.39. The molecule has 1 atom stereocenters. The highest BCUT2D eigenvalue weighted by atomic mass is 32.2. The Kier molecular flexibility index (Phi) is 4.33. The Balaban J connectivity index is 1.53. The maximum Gasteiger partial charge on any atom is 0.240 e. The van der Waals surface area contributed by atoms with Gasteiger partial charge in [-0.15, -0.1) is 0 Å².